The smallest absolute Gasteiger partial charge is 0.359 e. The monoisotopic (exact) mass is 397 g/mol. The lowest BCUT2D eigenvalue weighted by molar-refractivity contribution is 0.0313. The quantitative estimate of drug-likeness (QED) is 0.539. The molecular formula is C18H14Cl3NO3. The van der Waals surface area contributed by atoms with Crippen molar-refractivity contribution < 1.29 is 14.3 Å². The second-order valence-electron chi connectivity index (χ2n) is 5.83. The third-order valence-electron chi connectivity index (χ3n) is 4.15. The number of carbonyl (C=O) groups is 2. The molecule has 1 atom stereocenters. The number of nitrogens with zero attached hydrogens (tertiary/aromatic N) is 1. The van der Waals surface area contributed by atoms with Crippen molar-refractivity contribution in [2.45, 2.75) is 32.3 Å². The normalized spacial score (nSPS) is 14.1. The number of ketones is 1. The zero-order valence-electron chi connectivity index (χ0n) is 13.3. The molecule has 25 heavy (non-hydrogen) atoms. The van der Waals surface area contributed by atoms with Gasteiger partial charge in [0.15, 0.2) is 11.8 Å². The first kappa shape index (κ1) is 18.2. The molecule has 7 heteroatoms. The van der Waals surface area contributed by atoms with Crippen molar-refractivity contribution >= 4 is 46.6 Å². The van der Waals surface area contributed by atoms with Crippen LogP contribution in [0.5, 0.6) is 0 Å². The van der Waals surface area contributed by atoms with Gasteiger partial charge in [-0.15, -0.1) is 0 Å². The molecule has 130 valence electrons. The molecule has 1 aliphatic carbocycles. The van der Waals surface area contributed by atoms with Crippen molar-refractivity contribution in [1.29, 1.82) is 0 Å². The van der Waals surface area contributed by atoms with Crippen molar-refractivity contribution in [3.8, 4) is 0 Å². The van der Waals surface area contributed by atoms with E-state index in [4.69, 9.17) is 39.5 Å². The number of fused-ring (bicyclic) bond motifs is 1. The van der Waals surface area contributed by atoms with E-state index in [9.17, 15) is 9.59 Å². The highest BCUT2D eigenvalue weighted by atomic mass is 35.5. The zero-order valence-corrected chi connectivity index (χ0v) is 15.6. The molecule has 0 saturated heterocycles. The highest BCUT2D eigenvalue weighted by molar-refractivity contribution is 6.48. The maximum absolute atomic E-state index is 12.5. The second-order valence-corrected chi connectivity index (χ2v) is 6.99. The molecule has 4 nitrogen and oxygen atoms in total. The predicted octanol–water partition coefficient (Wildman–Crippen LogP) is 4.96. The summed E-state index contributed by atoms with van der Waals surface area (Å²) in [7, 11) is 0. The first-order chi connectivity index (χ1) is 11.9. The van der Waals surface area contributed by atoms with Crippen molar-refractivity contribution in [3.63, 3.8) is 0 Å². The van der Waals surface area contributed by atoms with E-state index in [-0.39, 0.29) is 26.5 Å². The SMILES string of the molecule is C[C@H](OC(=O)c1ncc(Cl)c(Cl)c1Cl)C(=O)c1ccc2c(c1)CCC2. The maximum atomic E-state index is 12.5. The van der Waals surface area contributed by atoms with Crippen LogP contribution in [0.25, 0.3) is 0 Å². The summed E-state index contributed by atoms with van der Waals surface area (Å²) in [5.41, 5.74) is 2.80. The van der Waals surface area contributed by atoms with Crippen molar-refractivity contribution in [2.75, 3.05) is 0 Å². The summed E-state index contributed by atoms with van der Waals surface area (Å²) in [5, 5.41) is 0.0460. The maximum Gasteiger partial charge on any atom is 0.359 e. The number of pyridine rings is 1. The number of hydrogen-bond acceptors (Lipinski definition) is 4. The Hall–Kier alpha value is -1.62. The Kier molecular flexibility index (Phi) is 5.32. The van der Waals surface area contributed by atoms with Gasteiger partial charge in [-0.2, -0.15) is 0 Å². The van der Waals surface area contributed by atoms with Gasteiger partial charge in [0.05, 0.1) is 15.1 Å². The average Bonchev–Trinajstić information content (AvgIpc) is 3.06. The number of benzene rings is 1. The van der Waals surface area contributed by atoms with Gasteiger partial charge in [-0.3, -0.25) is 4.79 Å². The van der Waals surface area contributed by atoms with Crippen LogP contribution < -0.4 is 0 Å². The molecule has 3 rings (SSSR count). The Balaban J connectivity index is 1.75. The van der Waals surface area contributed by atoms with E-state index in [0.29, 0.717) is 5.56 Å². The Bertz CT molecular complexity index is 867. The van der Waals surface area contributed by atoms with Gasteiger partial charge in [0, 0.05) is 11.8 Å². The predicted molar refractivity (Wildman–Crippen MR) is 96.9 cm³/mol. The lowest BCUT2D eigenvalue weighted by atomic mass is 10.0. The minimum Gasteiger partial charge on any atom is -0.449 e. The molecule has 1 aliphatic rings. The number of ether oxygens (including phenoxy) is 1. The number of esters is 1. The molecule has 1 aromatic heterocycles. The topological polar surface area (TPSA) is 56.3 Å². The van der Waals surface area contributed by atoms with Gasteiger partial charge < -0.3 is 4.74 Å². The van der Waals surface area contributed by atoms with E-state index in [2.05, 4.69) is 4.98 Å². The van der Waals surface area contributed by atoms with Gasteiger partial charge in [-0.25, -0.2) is 9.78 Å². The molecule has 0 N–H and O–H groups in total. The van der Waals surface area contributed by atoms with Crippen LogP contribution in [0.3, 0.4) is 0 Å². The van der Waals surface area contributed by atoms with Crippen LogP contribution in [-0.4, -0.2) is 22.8 Å². The van der Waals surface area contributed by atoms with Gasteiger partial charge in [0.25, 0.3) is 0 Å². The first-order valence-electron chi connectivity index (χ1n) is 7.75. The fourth-order valence-electron chi connectivity index (χ4n) is 2.82. The second kappa shape index (κ2) is 7.32. The highest BCUT2D eigenvalue weighted by Crippen LogP contribution is 2.31. The molecule has 0 spiro atoms. The standard InChI is InChI=1S/C18H14Cl3NO3/c1-9(17(23)12-6-5-10-3-2-4-11(10)7-12)25-18(24)16-15(21)14(20)13(19)8-22-16/h5-9H,2-4H2,1H3/t9-/m0/s1. The van der Waals surface area contributed by atoms with Gasteiger partial charge in [0.1, 0.15) is 0 Å². The van der Waals surface area contributed by atoms with Crippen LogP contribution in [-0.2, 0) is 17.6 Å². The number of carbonyl (C=O) groups excluding carboxylic acids is 2. The Morgan fingerprint density at radius 2 is 1.84 bits per heavy atom. The minimum absolute atomic E-state index is 0.0166. The molecule has 1 heterocycles. The summed E-state index contributed by atoms with van der Waals surface area (Å²) in [5.74, 6) is -1.11. The van der Waals surface area contributed by atoms with E-state index in [0.717, 1.165) is 19.3 Å². The minimum atomic E-state index is -0.973. The lowest BCUT2D eigenvalue weighted by Gasteiger charge is -2.14. The number of rotatable bonds is 4. The Labute approximate surface area is 160 Å². The van der Waals surface area contributed by atoms with Crippen LogP contribution in [0, 0.1) is 0 Å². The van der Waals surface area contributed by atoms with Crippen molar-refractivity contribution in [1.82, 2.24) is 4.98 Å². The molecule has 2 aromatic rings. The molecule has 0 saturated carbocycles. The number of Topliss-reactive ketones (excluding diaryl/α,β-unsaturated/α-hetero) is 1. The fraction of sp³-hybridized carbons (Fsp3) is 0.278. The third kappa shape index (κ3) is 3.66. The molecular weight excluding hydrogens is 385 g/mol. The summed E-state index contributed by atoms with van der Waals surface area (Å²) in [6.07, 6.45) is 3.33. The largest absolute Gasteiger partial charge is 0.449 e. The molecule has 0 bridgehead atoms. The Morgan fingerprint density at radius 1 is 1.12 bits per heavy atom. The van der Waals surface area contributed by atoms with E-state index in [1.165, 1.54) is 24.2 Å². The van der Waals surface area contributed by atoms with Crippen molar-refractivity contribution in [3.05, 3.63) is 61.8 Å². The van der Waals surface area contributed by atoms with Gasteiger partial charge in [-0.05, 0) is 43.4 Å². The van der Waals surface area contributed by atoms with E-state index in [1.54, 1.807) is 6.07 Å². The zero-order chi connectivity index (χ0) is 18.1. The van der Waals surface area contributed by atoms with Crippen molar-refractivity contribution in [2.24, 2.45) is 0 Å². The molecule has 0 amide bonds. The summed E-state index contributed by atoms with van der Waals surface area (Å²) in [6.45, 7) is 1.51. The fourth-order valence-corrected chi connectivity index (χ4v) is 3.37. The van der Waals surface area contributed by atoms with Gasteiger partial charge in [-0.1, -0.05) is 46.9 Å². The number of hydrogen-bond donors (Lipinski definition) is 0. The summed E-state index contributed by atoms with van der Waals surface area (Å²) >= 11 is 17.7. The summed E-state index contributed by atoms with van der Waals surface area (Å²) in [4.78, 5) is 28.6. The molecule has 1 aromatic carbocycles. The summed E-state index contributed by atoms with van der Waals surface area (Å²) in [6, 6.07) is 5.60. The molecule has 0 radical (unpaired) electrons. The first-order valence-corrected chi connectivity index (χ1v) is 8.88. The van der Waals surface area contributed by atoms with Crippen LogP contribution in [0.1, 0.15) is 45.3 Å². The highest BCUT2D eigenvalue weighted by Gasteiger charge is 2.25. The number of aromatic nitrogens is 1. The average molecular weight is 399 g/mol. The van der Waals surface area contributed by atoms with E-state index in [1.807, 2.05) is 12.1 Å². The molecule has 0 aliphatic heterocycles. The summed E-state index contributed by atoms with van der Waals surface area (Å²) < 4.78 is 5.21. The number of aryl methyl sites for hydroxylation is 2. The Morgan fingerprint density at radius 3 is 2.60 bits per heavy atom. The lowest BCUT2D eigenvalue weighted by Crippen LogP contribution is -2.25. The molecule has 0 fully saturated rings. The van der Waals surface area contributed by atoms with Crippen LogP contribution >= 0.6 is 34.8 Å². The van der Waals surface area contributed by atoms with Crippen LogP contribution in [0.4, 0.5) is 0 Å². The molecule has 0 unspecified atom stereocenters. The third-order valence-corrected chi connectivity index (χ3v) is 5.39. The van der Waals surface area contributed by atoms with Gasteiger partial charge >= 0.3 is 5.97 Å². The van der Waals surface area contributed by atoms with Crippen LogP contribution in [0.2, 0.25) is 15.1 Å². The van der Waals surface area contributed by atoms with E-state index >= 15 is 0 Å². The van der Waals surface area contributed by atoms with Crippen LogP contribution in [0.15, 0.2) is 24.4 Å². The van der Waals surface area contributed by atoms with Gasteiger partial charge in [0.2, 0.25) is 5.78 Å². The van der Waals surface area contributed by atoms with E-state index < -0.39 is 12.1 Å². The number of halogens is 3.